The van der Waals surface area contributed by atoms with E-state index in [4.69, 9.17) is 0 Å². The lowest BCUT2D eigenvalue weighted by Crippen LogP contribution is -2.45. The summed E-state index contributed by atoms with van der Waals surface area (Å²) in [5.74, 6) is 0.468. The molecule has 0 amide bonds. The molecule has 1 fully saturated rings. The van der Waals surface area contributed by atoms with Crippen molar-refractivity contribution in [2.75, 3.05) is 32.1 Å². The van der Waals surface area contributed by atoms with E-state index in [0.717, 1.165) is 0 Å². The summed E-state index contributed by atoms with van der Waals surface area (Å²) in [4.78, 5) is 1.76. The van der Waals surface area contributed by atoms with Crippen molar-refractivity contribution in [3.05, 3.63) is 34.9 Å². The number of hydrogen-bond acceptors (Lipinski definition) is 3. The Morgan fingerprint density at radius 2 is 1.60 bits per heavy atom. The van der Waals surface area contributed by atoms with Gasteiger partial charge in [-0.2, -0.15) is 38.1 Å². The molecule has 0 spiro atoms. The van der Waals surface area contributed by atoms with Crippen LogP contribution in [0.15, 0.2) is 18.2 Å². The molecule has 0 bridgehead atoms. The monoisotopic (exact) mass is 387 g/mol. The molecule has 1 aromatic carbocycles. The minimum absolute atomic E-state index is 0.0887. The molecule has 0 unspecified atom stereocenters. The van der Waals surface area contributed by atoms with Crippen molar-refractivity contribution in [2.24, 2.45) is 5.92 Å². The summed E-state index contributed by atoms with van der Waals surface area (Å²) in [6, 6.07) is 1.38. The van der Waals surface area contributed by atoms with Crippen LogP contribution in [0.5, 0.6) is 0 Å². The number of rotatable bonds is 3. The first kappa shape index (κ1) is 20.4. The smallest absolute Gasteiger partial charge is 0.385 e. The Hall–Kier alpha value is -0.930. The van der Waals surface area contributed by atoms with Crippen molar-refractivity contribution >= 4 is 11.8 Å². The largest absolute Gasteiger partial charge is 0.416 e. The molecule has 1 heterocycles. The number of thioether (sulfide) groups is 1. The number of halogens is 6. The van der Waals surface area contributed by atoms with Gasteiger partial charge < -0.3 is 10.0 Å². The lowest BCUT2D eigenvalue weighted by molar-refractivity contribution is -0.143. The first-order valence-corrected chi connectivity index (χ1v) is 8.74. The molecule has 25 heavy (non-hydrogen) atoms. The van der Waals surface area contributed by atoms with E-state index in [0.29, 0.717) is 30.2 Å². The van der Waals surface area contributed by atoms with Gasteiger partial charge in [0.25, 0.3) is 0 Å². The van der Waals surface area contributed by atoms with E-state index in [-0.39, 0.29) is 18.1 Å². The fourth-order valence-electron chi connectivity index (χ4n) is 3.02. The third-order valence-electron chi connectivity index (χ3n) is 4.30. The van der Waals surface area contributed by atoms with Crippen molar-refractivity contribution in [3.8, 4) is 0 Å². The third-order valence-corrected chi connectivity index (χ3v) is 5.43. The summed E-state index contributed by atoms with van der Waals surface area (Å²) in [6.45, 7) is 0.362. The highest BCUT2D eigenvalue weighted by molar-refractivity contribution is 7.99. The average Bonchev–Trinajstić information content (AvgIpc) is 2.47. The van der Waals surface area contributed by atoms with Crippen LogP contribution in [-0.2, 0) is 18.0 Å². The quantitative estimate of drug-likeness (QED) is 0.786. The molecule has 0 saturated carbocycles. The molecule has 0 radical (unpaired) electrons. The summed E-state index contributed by atoms with van der Waals surface area (Å²) in [6.07, 6.45) is -9.74. The molecule has 1 saturated heterocycles. The van der Waals surface area contributed by atoms with Crippen LogP contribution >= 0.6 is 11.8 Å². The Morgan fingerprint density at radius 3 is 2.04 bits per heavy atom. The van der Waals surface area contributed by atoms with Crippen molar-refractivity contribution in [1.82, 2.24) is 4.90 Å². The summed E-state index contributed by atoms with van der Waals surface area (Å²) in [5.41, 5.74) is -4.83. The van der Waals surface area contributed by atoms with Crippen molar-refractivity contribution in [3.63, 3.8) is 0 Å². The van der Waals surface area contributed by atoms with Gasteiger partial charge in [0.15, 0.2) is 0 Å². The van der Waals surface area contributed by atoms with E-state index in [1.54, 1.807) is 19.0 Å². The number of alkyl halides is 6. The van der Waals surface area contributed by atoms with Crippen LogP contribution in [0.4, 0.5) is 26.3 Å². The molecule has 2 nitrogen and oxygen atoms in total. The molecular weight excluding hydrogens is 368 g/mol. The predicted octanol–water partition coefficient (Wildman–Crippen LogP) is 4.23. The minimum Gasteiger partial charge on any atom is -0.385 e. The molecule has 0 aromatic heterocycles. The van der Waals surface area contributed by atoms with Crippen LogP contribution in [0, 0.1) is 5.92 Å². The Morgan fingerprint density at radius 1 is 1.08 bits per heavy atom. The Kier molecular flexibility index (Phi) is 5.71. The van der Waals surface area contributed by atoms with Gasteiger partial charge in [0.1, 0.15) is 0 Å². The summed E-state index contributed by atoms with van der Waals surface area (Å²) >= 11 is 1.53. The first-order valence-electron chi connectivity index (χ1n) is 7.59. The molecule has 1 N–H and O–H groups in total. The zero-order chi connectivity index (χ0) is 19.0. The highest BCUT2D eigenvalue weighted by Gasteiger charge is 2.44. The van der Waals surface area contributed by atoms with E-state index in [2.05, 4.69) is 0 Å². The lowest BCUT2D eigenvalue weighted by atomic mass is 9.78. The number of benzene rings is 1. The summed E-state index contributed by atoms with van der Waals surface area (Å²) < 4.78 is 78.4. The van der Waals surface area contributed by atoms with Crippen LogP contribution in [0.1, 0.15) is 23.1 Å². The maximum absolute atomic E-state index is 13.1. The van der Waals surface area contributed by atoms with E-state index < -0.39 is 35.0 Å². The van der Waals surface area contributed by atoms with Gasteiger partial charge in [0, 0.05) is 18.2 Å². The zero-order valence-electron chi connectivity index (χ0n) is 13.7. The molecule has 1 aliphatic rings. The lowest BCUT2D eigenvalue weighted by Gasteiger charge is -2.41. The van der Waals surface area contributed by atoms with Gasteiger partial charge in [-0.05, 0) is 50.0 Å². The SMILES string of the molecule is CN(C)C[C@@H]1CSCC[C@@]1(O)c1cc(C(F)(F)F)cc(C(F)(F)F)c1. The van der Waals surface area contributed by atoms with Crippen LogP contribution in [0.3, 0.4) is 0 Å². The Bertz CT molecular complexity index is 583. The maximum Gasteiger partial charge on any atom is 0.416 e. The van der Waals surface area contributed by atoms with Gasteiger partial charge in [0.05, 0.1) is 16.7 Å². The van der Waals surface area contributed by atoms with Gasteiger partial charge in [0.2, 0.25) is 0 Å². The second-order valence-corrected chi connectivity index (χ2v) is 7.65. The van der Waals surface area contributed by atoms with Gasteiger partial charge in [-0.3, -0.25) is 0 Å². The van der Waals surface area contributed by atoms with E-state index in [9.17, 15) is 31.4 Å². The maximum atomic E-state index is 13.1. The second kappa shape index (κ2) is 7.00. The van der Waals surface area contributed by atoms with Crippen molar-refractivity contribution < 1.29 is 31.4 Å². The van der Waals surface area contributed by atoms with E-state index >= 15 is 0 Å². The topological polar surface area (TPSA) is 23.5 Å². The first-order chi connectivity index (χ1) is 11.3. The van der Waals surface area contributed by atoms with Crippen LogP contribution in [0.25, 0.3) is 0 Å². The fourth-order valence-corrected chi connectivity index (χ4v) is 4.31. The molecule has 142 valence electrons. The van der Waals surface area contributed by atoms with Gasteiger partial charge in [-0.1, -0.05) is 0 Å². The standard InChI is InChI=1S/C16H19F6NOS/c1-23(2)8-13-9-25-4-3-14(13,24)10-5-11(15(17,18)19)7-12(6-10)16(20,21)22/h5-7,13,24H,3-4,8-9H2,1-2H3/t13-,14-/m1/s1. The normalized spacial score (nSPS) is 25.4. The Balaban J connectivity index is 2.58. The highest BCUT2D eigenvalue weighted by atomic mass is 32.2. The number of aliphatic hydroxyl groups is 1. The van der Waals surface area contributed by atoms with Crippen LogP contribution in [0.2, 0.25) is 0 Å². The average molecular weight is 387 g/mol. The fraction of sp³-hybridized carbons (Fsp3) is 0.625. The molecule has 9 heteroatoms. The number of hydrogen-bond donors (Lipinski definition) is 1. The molecule has 2 atom stereocenters. The van der Waals surface area contributed by atoms with Crippen molar-refractivity contribution in [1.29, 1.82) is 0 Å². The highest BCUT2D eigenvalue weighted by Crippen LogP contribution is 2.44. The molecule has 1 aromatic rings. The molecule has 0 aliphatic carbocycles. The molecule has 1 aliphatic heterocycles. The van der Waals surface area contributed by atoms with Crippen LogP contribution < -0.4 is 0 Å². The molecule has 2 rings (SSSR count). The number of nitrogens with zero attached hydrogens (tertiary/aromatic N) is 1. The van der Waals surface area contributed by atoms with Crippen LogP contribution in [-0.4, -0.2) is 42.2 Å². The zero-order valence-corrected chi connectivity index (χ0v) is 14.5. The second-order valence-electron chi connectivity index (χ2n) is 6.50. The summed E-state index contributed by atoms with van der Waals surface area (Å²) in [7, 11) is 3.49. The minimum atomic E-state index is -4.92. The van der Waals surface area contributed by atoms with Crippen molar-refractivity contribution in [2.45, 2.75) is 24.4 Å². The molecular formula is C16H19F6NOS. The van der Waals surface area contributed by atoms with E-state index in [1.165, 1.54) is 11.8 Å². The Labute approximate surface area is 146 Å². The van der Waals surface area contributed by atoms with Gasteiger partial charge in [-0.25, -0.2) is 0 Å². The summed E-state index contributed by atoms with van der Waals surface area (Å²) in [5, 5.41) is 11.1. The van der Waals surface area contributed by atoms with Gasteiger partial charge >= 0.3 is 12.4 Å². The predicted molar refractivity (Wildman–Crippen MR) is 84.3 cm³/mol. The third kappa shape index (κ3) is 4.62. The van der Waals surface area contributed by atoms with Gasteiger partial charge in [-0.15, -0.1) is 0 Å². The van der Waals surface area contributed by atoms with E-state index in [1.807, 2.05) is 0 Å².